The predicted molar refractivity (Wildman–Crippen MR) is 203 cm³/mol. The number of hydrogen-bond acceptors (Lipinski definition) is 4. The molecule has 3 radical (unpaired) electrons. The second-order valence-corrected chi connectivity index (χ2v) is 13.3. The molecule has 1 atom stereocenters. The van der Waals surface area contributed by atoms with Crippen LogP contribution in [0.15, 0.2) is 145 Å². The van der Waals surface area contributed by atoms with Crippen LogP contribution in [0.3, 0.4) is 0 Å². The molecule has 0 fully saturated rings. The Kier molecular flexibility index (Phi) is 11.1. The molecule has 0 bridgehead atoms. The molecule has 7 aromatic rings. The first-order valence-corrected chi connectivity index (χ1v) is 16.7. The van der Waals surface area contributed by atoms with E-state index >= 15 is 0 Å². The van der Waals surface area contributed by atoms with Gasteiger partial charge in [0.1, 0.15) is 22.3 Å². The molecule has 9 heteroatoms. The molecule has 0 saturated heterocycles. The van der Waals surface area contributed by atoms with Crippen LogP contribution in [0.2, 0.25) is 0 Å². The van der Waals surface area contributed by atoms with Gasteiger partial charge in [0.05, 0.1) is 0 Å². The summed E-state index contributed by atoms with van der Waals surface area (Å²) in [6.45, 7) is 0. The SMILES string of the molecule is BrC1=CC(c2cccc3c2oc2ccccc23)CC=C1.Brc1cccc(I)c1.OB(O)c1cccc2c1oc1ccccc12.[B]. The predicted octanol–water partition coefficient (Wildman–Crippen LogP) is 9.85. The van der Waals surface area contributed by atoms with E-state index in [1.54, 1.807) is 12.1 Å². The molecular formula is C36H26B2Br2IO4. The van der Waals surface area contributed by atoms with Crippen LogP contribution in [0.4, 0.5) is 0 Å². The quantitative estimate of drug-likeness (QED) is 0.135. The van der Waals surface area contributed by atoms with Crippen LogP contribution < -0.4 is 5.46 Å². The maximum Gasteiger partial charge on any atom is 0.492 e. The van der Waals surface area contributed by atoms with Crippen LogP contribution in [0.5, 0.6) is 0 Å². The van der Waals surface area contributed by atoms with Gasteiger partial charge in [-0.25, -0.2) is 0 Å². The highest BCUT2D eigenvalue weighted by atomic mass is 127. The van der Waals surface area contributed by atoms with E-state index in [9.17, 15) is 10.0 Å². The molecule has 2 heterocycles. The number of para-hydroxylation sites is 4. The second kappa shape index (κ2) is 15.0. The minimum absolute atomic E-state index is 0. The van der Waals surface area contributed by atoms with E-state index < -0.39 is 7.12 Å². The molecule has 4 nitrogen and oxygen atoms in total. The topological polar surface area (TPSA) is 66.7 Å². The average Bonchev–Trinajstić information content (AvgIpc) is 3.60. The van der Waals surface area contributed by atoms with Crippen LogP contribution in [-0.2, 0) is 0 Å². The van der Waals surface area contributed by atoms with Crippen molar-refractivity contribution in [2.24, 2.45) is 0 Å². The maximum atomic E-state index is 9.24. The van der Waals surface area contributed by atoms with E-state index in [0.717, 1.165) is 42.9 Å². The molecule has 5 aromatic carbocycles. The third kappa shape index (κ3) is 7.50. The zero-order valence-corrected chi connectivity index (χ0v) is 29.2. The van der Waals surface area contributed by atoms with Crippen molar-refractivity contribution in [3.8, 4) is 0 Å². The van der Waals surface area contributed by atoms with Crippen molar-refractivity contribution < 1.29 is 18.9 Å². The molecular weight excluding hydrogens is 805 g/mol. The van der Waals surface area contributed by atoms with E-state index in [1.165, 1.54) is 19.9 Å². The lowest BCUT2D eigenvalue weighted by Gasteiger charge is -2.15. The third-order valence-corrected chi connectivity index (χ3v) is 9.05. The van der Waals surface area contributed by atoms with Crippen molar-refractivity contribution in [3.05, 3.63) is 146 Å². The Morgan fingerprint density at radius 1 is 0.689 bits per heavy atom. The van der Waals surface area contributed by atoms with Gasteiger partial charge in [0, 0.05) is 59.4 Å². The number of allylic oxidation sites excluding steroid dienone is 4. The maximum absolute atomic E-state index is 9.24. The van der Waals surface area contributed by atoms with E-state index in [4.69, 9.17) is 8.83 Å². The molecule has 1 unspecified atom stereocenters. The highest BCUT2D eigenvalue weighted by Gasteiger charge is 2.19. The van der Waals surface area contributed by atoms with Crippen LogP contribution in [-0.4, -0.2) is 25.6 Å². The molecule has 8 rings (SSSR count). The van der Waals surface area contributed by atoms with Gasteiger partial charge in [-0.05, 0) is 59.3 Å². The monoisotopic (exact) mass is 829 g/mol. The summed E-state index contributed by atoms with van der Waals surface area (Å²) in [5.41, 5.74) is 4.94. The number of fused-ring (bicyclic) bond motifs is 6. The lowest BCUT2D eigenvalue weighted by atomic mass is 9.79. The molecule has 221 valence electrons. The summed E-state index contributed by atoms with van der Waals surface area (Å²) in [5, 5.41) is 22.8. The van der Waals surface area contributed by atoms with Crippen molar-refractivity contribution in [1.82, 2.24) is 0 Å². The number of hydrogen-bond donors (Lipinski definition) is 2. The molecule has 2 N–H and O–H groups in total. The first-order chi connectivity index (χ1) is 21.4. The number of furan rings is 2. The van der Waals surface area contributed by atoms with E-state index in [2.05, 4.69) is 115 Å². The normalized spacial score (nSPS) is 13.9. The highest BCUT2D eigenvalue weighted by molar-refractivity contribution is 14.1. The fraction of sp³-hybridized carbons (Fsp3) is 0.0556. The summed E-state index contributed by atoms with van der Waals surface area (Å²) < 4.78 is 15.3. The Hall–Kier alpha value is -3.08. The van der Waals surface area contributed by atoms with Crippen molar-refractivity contribution >= 4 is 119 Å². The van der Waals surface area contributed by atoms with Gasteiger partial charge in [0.25, 0.3) is 0 Å². The minimum Gasteiger partial charge on any atom is -0.456 e. The minimum atomic E-state index is -1.51. The first-order valence-electron chi connectivity index (χ1n) is 14.0. The van der Waals surface area contributed by atoms with E-state index in [-0.39, 0.29) is 8.41 Å². The van der Waals surface area contributed by atoms with Crippen LogP contribution in [0.25, 0.3) is 43.9 Å². The van der Waals surface area contributed by atoms with Crippen molar-refractivity contribution in [2.45, 2.75) is 12.3 Å². The fourth-order valence-electron chi connectivity index (χ4n) is 5.35. The molecule has 1 aliphatic carbocycles. The van der Waals surface area contributed by atoms with Gasteiger partial charge in [0.15, 0.2) is 0 Å². The van der Waals surface area contributed by atoms with Crippen molar-refractivity contribution in [2.75, 3.05) is 0 Å². The second-order valence-electron chi connectivity index (χ2n) is 10.3. The summed E-state index contributed by atoms with van der Waals surface area (Å²) in [4.78, 5) is 0. The zero-order chi connectivity index (χ0) is 30.6. The molecule has 2 aromatic heterocycles. The van der Waals surface area contributed by atoms with Gasteiger partial charge in [-0.3, -0.25) is 0 Å². The van der Waals surface area contributed by atoms with Crippen molar-refractivity contribution in [1.29, 1.82) is 0 Å². The van der Waals surface area contributed by atoms with Gasteiger partial charge in [-0.2, -0.15) is 0 Å². The summed E-state index contributed by atoms with van der Waals surface area (Å²) >= 11 is 9.20. The summed E-state index contributed by atoms with van der Waals surface area (Å²) in [6.07, 6.45) is 7.58. The number of rotatable bonds is 2. The molecule has 0 aliphatic heterocycles. The first kappa shape index (κ1) is 33.3. The lowest BCUT2D eigenvalue weighted by Crippen LogP contribution is -2.29. The Morgan fingerprint density at radius 2 is 1.27 bits per heavy atom. The van der Waals surface area contributed by atoms with Gasteiger partial charge in [0.2, 0.25) is 0 Å². The van der Waals surface area contributed by atoms with Crippen LogP contribution >= 0.6 is 54.5 Å². The van der Waals surface area contributed by atoms with Gasteiger partial charge < -0.3 is 18.9 Å². The Balaban J connectivity index is 0.000000143. The van der Waals surface area contributed by atoms with Gasteiger partial charge >= 0.3 is 7.12 Å². The average molecular weight is 831 g/mol. The molecule has 0 spiro atoms. The number of benzene rings is 5. The molecule has 0 saturated carbocycles. The van der Waals surface area contributed by atoms with E-state index in [0.29, 0.717) is 17.0 Å². The Labute approximate surface area is 293 Å². The third-order valence-electron chi connectivity index (χ3n) is 7.36. The Bertz CT molecular complexity index is 2130. The standard InChI is InChI=1S/C18H13BrO.C12H9BO3.C6H4BrI.B/c19-13-6-3-5-12(11-13)14-8-4-9-16-15-7-1-2-10-17(15)20-18(14)16;14-13(15)10-6-3-5-9-8-4-1-2-7-11(8)16-12(9)10;7-5-2-1-3-6(8)4-5;/h1-4,6-12H,5H2;1-7,14-15H;1-4H;. The lowest BCUT2D eigenvalue weighted by molar-refractivity contribution is 0.425. The van der Waals surface area contributed by atoms with Gasteiger partial charge in [-0.15, -0.1) is 0 Å². The smallest absolute Gasteiger partial charge is 0.456 e. The molecule has 1 aliphatic rings. The Morgan fingerprint density at radius 3 is 1.87 bits per heavy atom. The van der Waals surface area contributed by atoms with E-state index in [1.807, 2.05) is 54.6 Å². The van der Waals surface area contributed by atoms with Crippen LogP contribution in [0.1, 0.15) is 17.9 Å². The zero-order valence-electron chi connectivity index (χ0n) is 23.9. The fourth-order valence-corrected chi connectivity index (χ4v) is 7.23. The summed E-state index contributed by atoms with van der Waals surface area (Å²) in [6, 6.07) is 35.8. The number of halogens is 3. The molecule has 45 heavy (non-hydrogen) atoms. The van der Waals surface area contributed by atoms with Gasteiger partial charge in [-0.1, -0.05) is 129 Å². The molecule has 0 amide bonds. The highest BCUT2D eigenvalue weighted by Crippen LogP contribution is 2.37. The van der Waals surface area contributed by atoms with Crippen LogP contribution in [0, 0.1) is 3.57 Å². The largest absolute Gasteiger partial charge is 0.492 e. The summed E-state index contributed by atoms with van der Waals surface area (Å²) in [5.74, 6) is 0.374. The van der Waals surface area contributed by atoms with Crippen molar-refractivity contribution in [3.63, 3.8) is 0 Å². The summed E-state index contributed by atoms with van der Waals surface area (Å²) in [7, 11) is -1.51.